The summed E-state index contributed by atoms with van der Waals surface area (Å²) in [7, 11) is 0. The molecular weight excluding hydrogens is 138 g/mol. The Morgan fingerprint density at radius 1 is 1.45 bits per heavy atom. The van der Waals surface area contributed by atoms with E-state index in [-0.39, 0.29) is 0 Å². The number of nitrogens with two attached hydrogens (primary N) is 1. The fourth-order valence-corrected chi connectivity index (χ4v) is 0.730. The highest BCUT2D eigenvalue weighted by Crippen LogP contribution is 2.04. The van der Waals surface area contributed by atoms with Gasteiger partial charge in [0, 0.05) is 29.9 Å². The van der Waals surface area contributed by atoms with Crippen molar-refractivity contribution in [3.8, 4) is 0 Å². The summed E-state index contributed by atoms with van der Waals surface area (Å²) < 4.78 is 0. The molecule has 1 aromatic rings. The summed E-state index contributed by atoms with van der Waals surface area (Å²) >= 11 is 0. The van der Waals surface area contributed by atoms with Crippen LogP contribution in [0, 0.1) is 5.41 Å². The topological polar surface area (TPSA) is 62.8 Å². The summed E-state index contributed by atoms with van der Waals surface area (Å²) in [5.74, 6) is 0. The first-order chi connectivity index (χ1) is 5.34. The van der Waals surface area contributed by atoms with Crippen molar-refractivity contribution in [3.05, 3.63) is 36.2 Å². The molecule has 1 heterocycles. The third-order valence-electron chi connectivity index (χ3n) is 1.28. The van der Waals surface area contributed by atoms with Crippen molar-refractivity contribution in [2.45, 2.75) is 0 Å². The number of rotatable bonds is 2. The number of nitrogens with zero attached hydrogens (tertiary/aromatic N) is 1. The lowest BCUT2D eigenvalue weighted by molar-refractivity contribution is 1.31. The Morgan fingerprint density at radius 3 is 2.64 bits per heavy atom. The van der Waals surface area contributed by atoms with Gasteiger partial charge in [-0.25, -0.2) is 0 Å². The van der Waals surface area contributed by atoms with Crippen LogP contribution in [0.4, 0.5) is 0 Å². The standard InChI is InChI=1S/C8H9N3/c9-4-1-8(10)7-2-5-11-6-3-7/h1-6,9H,10H2/b8-1-,9-4?. The van der Waals surface area contributed by atoms with Gasteiger partial charge >= 0.3 is 0 Å². The maximum Gasteiger partial charge on any atom is 0.0403 e. The Bertz CT molecular complexity index is 264. The lowest BCUT2D eigenvalue weighted by atomic mass is 10.2. The van der Waals surface area contributed by atoms with Gasteiger partial charge in [-0.2, -0.15) is 0 Å². The van der Waals surface area contributed by atoms with Crippen molar-refractivity contribution in [1.29, 1.82) is 5.41 Å². The molecule has 0 radical (unpaired) electrons. The van der Waals surface area contributed by atoms with E-state index in [4.69, 9.17) is 11.1 Å². The van der Waals surface area contributed by atoms with Gasteiger partial charge in [-0.05, 0) is 18.2 Å². The molecule has 0 aliphatic rings. The van der Waals surface area contributed by atoms with Gasteiger partial charge < -0.3 is 11.1 Å². The van der Waals surface area contributed by atoms with E-state index in [0.717, 1.165) is 11.8 Å². The van der Waals surface area contributed by atoms with E-state index in [0.29, 0.717) is 5.70 Å². The van der Waals surface area contributed by atoms with Crippen molar-refractivity contribution in [2.75, 3.05) is 0 Å². The van der Waals surface area contributed by atoms with Crippen molar-refractivity contribution < 1.29 is 0 Å². The third kappa shape index (κ3) is 1.89. The van der Waals surface area contributed by atoms with Gasteiger partial charge in [0.2, 0.25) is 0 Å². The molecule has 0 spiro atoms. The molecule has 0 amide bonds. The summed E-state index contributed by atoms with van der Waals surface area (Å²) in [5.41, 5.74) is 7.07. The summed E-state index contributed by atoms with van der Waals surface area (Å²) in [5, 5.41) is 6.79. The Hall–Kier alpha value is -1.64. The molecule has 0 aliphatic heterocycles. The van der Waals surface area contributed by atoms with E-state index in [1.165, 1.54) is 6.08 Å². The molecule has 0 atom stereocenters. The molecule has 1 rings (SSSR count). The van der Waals surface area contributed by atoms with Crippen LogP contribution in [0.15, 0.2) is 30.6 Å². The van der Waals surface area contributed by atoms with Crippen LogP contribution in [0.2, 0.25) is 0 Å². The first-order valence-electron chi connectivity index (χ1n) is 3.21. The van der Waals surface area contributed by atoms with Crippen LogP contribution in [0.5, 0.6) is 0 Å². The van der Waals surface area contributed by atoms with Crippen LogP contribution >= 0.6 is 0 Å². The normalized spacial score (nSPS) is 11.1. The second-order valence-electron chi connectivity index (χ2n) is 2.02. The third-order valence-corrected chi connectivity index (χ3v) is 1.28. The maximum absolute atomic E-state index is 6.79. The van der Waals surface area contributed by atoms with E-state index < -0.39 is 0 Å². The van der Waals surface area contributed by atoms with Crippen molar-refractivity contribution in [3.63, 3.8) is 0 Å². The van der Waals surface area contributed by atoms with Crippen LogP contribution in [0.3, 0.4) is 0 Å². The van der Waals surface area contributed by atoms with E-state index in [2.05, 4.69) is 4.98 Å². The molecule has 0 aromatic carbocycles. The van der Waals surface area contributed by atoms with Gasteiger partial charge in [0.15, 0.2) is 0 Å². The highest BCUT2D eigenvalue weighted by molar-refractivity contribution is 5.81. The molecule has 0 saturated carbocycles. The number of allylic oxidation sites excluding steroid dienone is 1. The van der Waals surface area contributed by atoms with Crippen molar-refractivity contribution >= 4 is 11.9 Å². The first kappa shape index (κ1) is 7.47. The van der Waals surface area contributed by atoms with Crippen molar-refractivity contribution in [1.82, 2.24) is 4.98 Å². The van der Waals surface area contributed by atoms with Gasteiger partial charge in [0.1, 0.15) is 0 Å². The van der Waals surface area contributed by atoms with Crippen LogP contribution < -0.4 is 5.73 Å². The SMILES string of the molecule is N=C/C=C(\N)c1ccncc1. The monoisotopic (exact) mass is 147 g/mol. The quantitative estimate of drug-likeness (QED) is 0.614. The number of hydrogen-bond acceptors (Lipinski definition) is 3. The second-order valence-corrected chi connectivity index (χ2v) is 2.02. The molecule has 3 heteroatoms. The zero-order valence-corrected chi connectivity index (χ0v) is 5.99. The van der Waals surface area contributed by atoms with Crippen LogP contribution in [0.25, 0.3) is 5.70 Å². The van der Waals surface area contributed by atoms with Gasteiger partial charge in [0.05, 0.1) is 0 Å². The Kier molecular flexibility index (Phi) is 2.38. The molecule has 0 saturated heterocycles. The summed E-state index contributed by atoms with van der Waals surface area (Å²) in [6, 6.07) is 3.60. The molecule has 11 heavy (non-hydrogen) atoms. The van der Waals surface area contributed by atoms with E-state index >= 15 is 0 Å². The zero-order valence-electron chi connectivity index (χ0n) is 5.99. The lowest BCUT2D eigenvalue weighted by Gasteiger charge is -1.97. The smallest absolute Gasteiger partial charge is 0.0403 e. The summed E-state index contributed by atoms with van der Waals surface area (Å²) in [4.78, 5) is 3.85. The predicted octanol–water partition coefficient (Wildman–Crippen LogP) is 1.03. The number of nitrogens with one attached hydrogen (secondary N) is 1. The fraction of sp³-hybridized carbons (Fsp3) is 0. The van der Waals surface area contributed by atoms with Crippen LogP contribution in [-0.4, -0.2) is 11.2 Å². The first-order valence-corrected chi connectivity index (χ1v) is 3.21. The number of aromatic nitrogens is 1. The van der Waals surface area contributed by atoms with Crippen LogP contribution in [0.1, 0.15) is 5.56 Å². The average Bonchev–Trinajstić information content (AvgIpc) is 2.07. The molecule has 56 valence electrons. The number of hydrogen-bond donors (Lipinski definition) is 2. The molecule has 3 nitrogen and oxygen atoms in total. The van der Waals surface area contributed by atoms with Crippen LogP contribution in [-0.2, 0) is 0 Å². The maximum atomic E-state index is 6.79. The summed E-state index contributed by atoms with van der Waals surface area (Å²) in [6.45, 7) is 0. The van der Waals surface area contributed by atoms with E-state index in [9.17, 15) is 0 Å². The predicted molar refractivity (Wildman–Crippen MR) is 45.2 cm³/mol. The van der Waals surface area contributed by atoms with Gasteiger partial charge in [0.25, 0.3) is 0 Å². The number of pyridine rings is 1. The van der Waals surface area contributed by atoms with Gasteiger partial charge in [-0.1, -0.05) is 0 Å². The summed E-state index contributed by atoms with van der Waals surface area (Å²) in [6.07, 6.45) is 6.03. The molecule has 0 fully saturated rings. The molecular formula is C8H9N3. The largest absolute Gasteiger partial charge is 0.398 e. The molecule has 1 aromatic heterocycles. The zero-order chi connectivity index (χ0) is 8.10. The Labute approximate surface area is 65.1 Å². The Balaban J connectivity index is 2.94. The van der Waals surface area contributed by atoms with E-state index in [1.54, 1.807) is 24.5 Å². The highest BCUT2D eigenvalue weighted by atomic mass is 14.6. The molecule has 3 N–H and O–H groups in total. The minimum absolute atomic E-state index is 0.586. The molecule has 0 unspecified atom stereocenters. The fourth-order valence-electron chi connectivity index (χ4n) is 0.730. The minimum atomic E-state index is 0.586. The second kappa shape index (κ2) is 3.51. The Morgan fingerprint density at radius 2 is 2.09 bits per heavy atom. The van der Waals surface area contributed by atoms with E-state index in [1.807, 2.05) is 0 Å². The van der Waals surface area contributed by atoms with Gasteiger partial charge in [-0.3, -0.25) is 4.98 Å². The average molecular weight is 147 g/mol. The van der Waals surface area contributed by atoms with Gasteiger partial charge in [-0.15, -0.1) is 0 Å². The molecule has 0 aliphatic carbocycles. The molecule has 0 bridgehead atoms. The lowest BCUT2D eigenvalue weighted by Crippen LogP contribution is -1.95. The highest BCUT2D eigenvalue weighted by Gasteiger charge is 1.91. The minimum Gasteiger partial charge on any atom is -0.398 e. The van der Waals surface area contributed by atoms with Crippen molar-refractivity contribution in [2.24, 2.45) is 5.73 Å².